The zero-order chi connectivity index (χ0) is 17.6. The largest absolute Gasteiger partial charge is 0.383 e. The Balaban J connectivity index is 1.93. The molecule has 0 radical (unpaired) electrons. The van der Waals surface area contributed by atoms with Gasteiger partial charge in [-0.25, -0.2) is 4.98 Å². The number of nitrogens with zero attached hydrogens (tertiary/aromatic N) is 2. The molecule has 3 aromatic rings. The molecule has 1 unspecified atom stereocenters. The minimum Gasteiger partial charge on any atom is -0.383 e. The van der Waals surface area contributed by atoms with E-state index < -0.39 is 0 Å². The highest BCUT2D eigenvalue weighted by atomic mass is 16.5. The number of benzene rings is 2. The van der Waals surface area contributed by atoms with E-state index in [0.717, 1.165) is 17.9 Å². The summed E-state index contributed by atoms with van der Waals surface area (Å²) in [7, 11) is 1.64. The molecule has 5 nitrogen and oxygen atoms in total. The molecular formula is C20H23N3O2. The molecule has 1 atom stereocenters. The highest BCUT2D eigenvalue weighted by Crippen LogP contribution is 2.14. The highest BCUT2D eigenvalue weighted by molar-refractivity contribution is 5.77. The molecule has 1 aromatic heterocycles. The Morgan fingerprint density at radius 3 is 2.60 bits per heavy atom. The fourth-order valence-electron chi connectivity index (χ4n) is 2.87. The number of hydrogen-bond donors (Lipinski definition) is 1. The lowest BCUT2D eigenvalue weighted by atomic mass is 10.2. The zero-order valence-electron chi connectivity index (χ0n) is 14.6. The van der Waals surface area contributed by atoms with Crippen LogP contribution in [0, 0.1) is 0 Å². The van der Waals surface area contributed by atoms with Crippen molar-refractivity contribution in [3.63, 3.8) is 0 Å². The molecule has 5 heteroatoms. The molecule has 0 aliphatic heterocycles. The molecule has 0 saturated carbocycles. The van der Waals surface area contributed by atoms with Gasteiger partial charge in [-0.3, -0.25) is 9.36 Å². The molecule has 0 fully saturated rings. The first-order valence-corrected chi connectivity index (χ1v) is 8.46. The predicted octanol–water partition coefficient (Wildman–Crippen LogP) is 2.89. The van der Waals surface area contributed by atoms with Gasteiger partial charge < -0.3 is 10.1 Å². The van der Waals surface area contributed by atoms with Crippen molar-refractivity contribution in [2.24, 2.45) is 0 Å². The highest BCUT2D eigenvalue weighted by Gasteiger charge is 2.16. The second kappa shape index (κ2) is 8.05. The summed E-state index contributed by atoms with van der Waals surface area (Å²) in [6.07, 6.45) is 0. The van der Waals surface area contributed by atoms with Gasteiger partial charge in [0.25, 0.3) is 5.56 Å². The second-order valence-corrected chi connectivity index (χ2v) is 6.02. The average molecular weight is 337 g/mol. The summed E-state index contributed by atoms with van der Waals surface area (Å²) in [5, 5.41) is 4.10. The van der Waals surface area contributed by atoms with E-state index >= 15 is 0 Å². The van der Waals surface area contributed by atoms with Crippen molar-refractivity contribution in [1.29, 1.82) is 0 Å². The number of aromatic nitrogens is 2. The Labute approximate surface area is 147 Å². The molecule has 0 saturated heterocycles. The van der Waals surface area contributed by atoms with Crippen LogP contribution in [0.25, 0.3) is 10.9 Å². The molecule has 2 aromatic carbocycles. The SMILES string of the molecule is COCCn1c(C(C)NCc2ccccc2)nc2ccccc2c1=O. The van der Waals surface area contributed by atoms with Crippen LogP contribution in [0.15, 0.2) is 59.4 Å². The van der Waals surface area contributed by atoms with Crippen LogP contribution >= 0.6 is 0 Å². The van der Waals surface area contributed by atoms with Crippen LogP contribution in [0.3, 0.4) is 0 Å². The van der Waals surface area contributed by atoms with Crippen molar-refractivity contribution in [3.8, 4) is 0 Å². The van der Waals surface area contributed by atoms with Gasteiger partial charge in [0.15, 0.2) is 0 Å². The molecule has 130 valence electrons. The molecule has 0 amide bonds. The molecular weight excluding hydrogens is 314 g/mol. The van der Waals surface area contributed by atoms with Crippen LogP contribution in [0.5, 0.6) is 0 Å². The molecule has 3 rings (SSSR count). The normalized spacial score (nSPS) is 12.4. The van der Waals surface area contributed by atoms with Crippen molar-refractivity contribution < 1.29 is 4.74 Å². The minimum absolute atomic E-state index is 0.0222. The van der Waals surface area contributed by atoms with Gasteiger partial charge in [0.05, 0.1) is 30.1 Å². The van der Waals surface area contributed by atoms with Crippen LogP contribution < -0.4 is 10.9 Å². The first-order valence-electron chi connectivity index (χ1n) is 8.46. The summed E-state index contributed by atoms with van der Waals surface area (Å²) >= 11 is 0. The summed E-state index contributed by atoms with van der Waals surface area (Å²) in [5.74, 6) is 0.733. The van der Waals surface area contributed by atoms with Gasteiger partial charge in [-0.05, 0) is 24.6 Å². The third kappa shape index (κ3) is 3.95. The summed E-state index contributed by atoms with van der Waals surface area (Å²) in [5.41, 5.74) is 1.90. The number of methoxy groups -OCH3 is 1. The summed E-state index contributed by atoms with van der Waals surface area (Å²) in [6.45, 7) is 3.70. The fraction of sp³-hybridized carbons (Fsp3) is 0.300. The molecule has 0 bridgehead atoms. The molecule has 0 spiro atoms. The van der Waals surface area contributed by atoms with Gasteiger partial charge in [0.2, 0.25) is 0 Å². The first-order chi connectivity index (χ1) is 12.2. The maximum absolute atomic E-state index is 12.9. The van der Waals surface area contributed by atoms with Gasteiger partial charge in [-0.15, -0.1) is 0 Å². The Morgan fingerprint density at radius 2 is 1.84 bits per heavy atom. The van der Waals surface area contributed by atoms with Crippen molar-refractivity contribution in [2.75, 3.05) is 13.7 Å². The summed E-state index contributed by atoms with van der Waals surface area (Å²) in [4.78, 5) is 17.6. The van der Waals surface area contributed by atoms with Crippen molar-refractivity contribution >= 4 is 10.9 Å². The lowest BCUT2D eigenvalue weighted by Gasteiger charge is -2.19. The third-order valence-corrected chi connectivity index (χ3v) is 4.25. The fourth-order valence-corrected chi connectivity index (χ4v) is 2.87. The van der Waals surface area contributed by atoms with E-state index in [1.807, 2.05) is 49.4 Å². The Kier molecular flexibility index (Phi) is 5.58. The van der Waals surface area contributed by atoms with E-state index in [-0.39, 0.29) is 11.6 Å². The van der Waals surface area contributed by atoms with Crippen LogP contribution in [0.2, 0.25) is 0 Å². The maximum atomic E-state index is 12.9. The quantitative estimate of drug-likeness (QED) is 0.720. The number of hydrogen-bond acceptors (Lipinski definition) is 4. The number of para-hydroxylation sites is 1. The standard InChI is InChI=1S/C20H23N3O2/c1-15(21-14-16-8-4-3-5-9-16)19-22-18-11-7-6-10-17(18)20(24)23(19)12-13-25-2/h3-11,15,21H,12-14H2,1-2H3. The zero-order valence-corrected chi connectivity index (χ0v) is 14.6. The third-order valence-electron chi connectivity index (χ3n) is 4.25. The molecule has 1 N–H and O–H groups in total. The number of fused-ring (bicyclic) bond motifs is 1. The van der Waals surface area contributed by atoms with Gasteiger partial charge in [-0.1, -0.05) is 42.5 Å². The number of ether oxygens (including phenoxy) is 1. The molecule has 0 aliphatic carbocycles. The lowest BCUT2D eigenvalue weighted by Crippen LogP contribution is -2.32. The second-order valence-electron chi connectivity index (χ2n) is 6.02. The minimum atomic E-state index is -0.0608. The van der Waals surface area contributed by atoms with E-state index in [2.05, 4.69) is 17.4 Å². The molecule has 1 heterocycles. The average Bonchev–Trinajstić information content (AvgIpc) is 2.66. The maximum Gasteiger partial charge on any atom is 0.261 e. The molecule has 25 heavy (non-hydrogen) atoms. The Hall–Kier alpha value is -2.50. The van der Waals surface area contributed by atoms with Gasteiger partial charge in [0, 0.05) is 13.7 Å². The summed E-state index contributed by atoms with van der Waals surface area (Å²) in [6, 6.07) is 17.6. The topological polar surface area (TPSA) is 56.1 Å². The van der Waals surface area contributed by atoms with E-state index in [9.17, 15) is 4.79 Å². The number of nitrogens with one attached hydrogen (secondary N) is 1. The Morgan fingerprint density at radius 1 is 1.12 bits per heavy atom. The molecule has 0 aliphatic rings. The smallest absolute Gasteiger partial charge is 0.261 e. The van der Waals surface area contributed by atoms with Crippen molar-refractivity contribution in [1.82, 2.24) is 14.9 Å². The van der Waals surface area contributed by atoms with Gasteiger partial charge >= 0.3 is 0 Å². The van der Waals surface area contributed by atoms with E-state index in [1.54, 1.807) is 11.7 Å². The van der Waals surface area contributed by atoms with Gasteiger partial charge in [-0.2, -0.15) is 0 Å². The lowest BCUT2D eigenvalue weighted by molar-refractivity contribution is 0.184. The number of rotatable bonds is 7. The predicted molar refractivity (Wildman–Crippen MR) is 99.6 cm³/mol. The first kappa shape index (κ1) is 17.3. The summed E-state index contributed by atoms with van der Waals surface area (Å²) < 4.78 is 6.89. The van der Waals surface area contributed by atoms with E-state index in [4.69, 9.17) is 9.72 Å². The van der Waals surface area contributed by atoms with Crippen molar-refractivity contribution in [3.05, 3.63) is 76.3 Å². The van der Waals surface area contributed by atoms with E-state index in [1.165, 1.54) is 5.56 Å². The van der Waals surface area contributed by atoms with Gasteiger partial charge in [0.1, 0.15) is 5.82 Å². The van der Waals surface area contributed by atoms with Crippen LogP contribution in [0.1, 0.15) is 24.4 Å². The van der Waals surface area contributed by atoms with Crippen LogP contribution in [0.4, 0.5) is 0 Å². The monoisotopic (exact) mass is 337 g/mol. The Bertz CT molecular complexity index is 890. The van der Waals surface area contributed by atoms with Crippen molar-refractivity contribution in [2.45, 2.75) is 26.1 Å². The van der Waals surface area contributed by atoms with E-state index in [0.29, 0.717) is 18.5 Å². The van der Waals surface area contributed by atoms with Crippen LogP contribution in [-0.2, 0) is 17.8 Å². The van der Waals surface area contributed by atoms with Crippen LogP contribution in [-0.4, -0.2) is 23.3 Å².